The van der Waals surface area contributed by atoms with Crippen LogP contribution in [0.4, 0.5) is 11.6 Å². The maximum Gasteiger partial charge on any atom is 0.177 e. The van der Waals surface area contributed by atoms with Crippen LogP contribution in [0.3, 0.4) is 0 Å². The van der Waals surface area contributed by atoms with Gasteiger partial charge in [0.15, 0.2) is 5.65 Å². The first-order valence-corrected chi connectivity index (χ1v) is 11.1. The van der Waals surface area contributed by atoms with Crippen LogP contribution in [0.5, 0.6) is 0 Å². The number of fused-ring (bicyclic) bond motifs is 2. The minimum atomic E-state index is 0.737. The highest BCUT2D eigenvalue weighted by Crippen LogP contribution is 2.37. The third kappa shape index (κ3) is 3.35. The van der Waals surface area contributed by atoms with E-state index in [4.69, 9.17) is 11.6 Å². The first kappa shape index (κ1) is 18.5. The fourth-order valence-electron chi connectivity index (χ4n) is 3.86. The van der Waals surface area contributed by atoms with Crippen molar-refractivity contribution in [3.63, 3.8) is 0 Å². The zero-order chi connectivity index (χ0) is 20.8. The molecule has 1 aliphatic heterocycles. The molecule has 5 aromatic rings. The van der Waals surface area contributed by atoms with Crippen LogP contribution in [0.1, 0.15) is 0 Å². The molecule has 0 radical (unpaired) electrons. The average Bonchev–Trinajstić information content (AvgIpc) is 3.46. The number of halogens is 1. The van der Waals surface area contributed by atoms with Gasteiger partial charge in [0.2, 0.25) is 0 Å². The summed E-state index contributed by atoms with van der Waals surface area (Å²) in [5, 5.41) is 13.3. The van der Waals surface area contributed by atoms with Crippen LogP contribution in [0.25, 0.3) is 26.3 Å². The van der Waals surface area contributed by atoms with Crippen LogP contribution in [0.15, 0.2) is 55.1 Å². The van der Waals surface area contributed by atoms with E-state index in [0.717, 1.165) is 64.3 Å². The highest BCUT2D eigenvalue weighted by molar-refractivity contribution is 7.22. The third-order valence-corrected chi connectivity index (χ3v) is 6.89. The van der Waals surface area contributed by atoms with E-state index in [1.807, 2.05) is 36.4 Å². The molecule has 0 saturated carbocycles. The van der Waals surface area contributed by atoms with Gasteiger partial charge in [0.05, 0.1) is 10.2 Å². The molecule has 5 heterocycles. The second-order valence-corrected chi connectivity index (χ2v) is 8.82. The molecule has 8 nitrogen and oxygen atoms in total. The largest absolute Gasteiger partial charge is 0.352 e. The lowest BCUT2D eigenvalue weighted by molar-refractivity contribution is 0.637. The molecule has 0 unspecified atom stereocenters. The van der Waals surface area contributed by atoms with Crippen molar-refractivity contribution in [3.8, 4) is 10.4 Å². The van der Waals surface area contributed by atoms with Crippen molar-refractivity contribution in [3.05, 3.63) is 60.1 Å². The lowest BCUT2D eigenvalue weighted by Crippen LogP contribution is -2.47. The molecule has 0 aliphatic carbocycles. The number of piperazine rings is 1. The van der Waals surface area contributed by atoms with Crippen molar-refractivity contribution in [1.82, 2.24) is 29.8 Å². The van der Waals surface area contributed by atoms with Gasteiger partial charge in [0.1, 0.15) is 24.3 Å². The van der Waals surface area contributed by atoms with E-state index in [0.29, 0.717) is 0 Å². The lowest BCUT2D eigenvalue weighted by atomic mass is 10.2. The topological polar surface area (TPSA) is 75.3 Å². The van der Waals surface area contributed by atoms with Gasteiger partial charge in [-0.1, -0.05) is 23.7 Å². The second kappa shape index (κ2) is 7.44. The molecular formula is C21H17ClN8S. The summed E-state index contributed by atoms with van der Waals surface area (Å²) in [4.78, 5) is 14.9. The Kier molecular flexibility index (Phi) is 4.43. The summed E-state index contributed by atoms with van der Waals surface area (Å²) in [6.45, 7) is 3.45. The molecule has 0 amide bonds. The molecule has 6 rings (SSSR count). The van der Waals surface area contributed by atoms with Gasteiger partial charge >= 0.3 is 0 Å². The maximum atomic E-state index is 6.04. The van der Waals surface area contributed by atoms with Crippen LogP contribution in [-0.2, 0) is 0 Å². The van der Waals surface area contributed by atoms with Gasteiger partial charge in [-0.05, 0) is 35.9 Å². The molecule has 0 bridgehead atoms. The van der Waals surface area contributed by atoms with Gasteiger partial charge in [0.25, 0.3) is 0 Å². The number of anilines is 2. The average molecular weight is 449 g/mol. The summed E-state index contributed by atoms with van der Waals surface area (Å²) >= 11 is 7.77. The van der Waals surface area contributed by atoms with E-state index in [-0.39, 0.29) is 0 Å². The van der Waals surface area contributed by atoms with Crippen molar-refractivity contribution in [2.45, 2.75) is 0 Å². The third-order valence-electron chi connectivity index (χ3n) is 5.47. The highest BCUT2D eigenvalue weighted by Gasteiger charge is 2.22. The minimum Gasteiger partial charge on any atom is -0.352 e. The van der Waals surface area contributed by atoms with Crippen molar-refractivity contribution in [2.75, 3.05) is 36.0 Å². The SMILES string of the molecule is Clc1ccc(-c2cc3ncnc(N4CCN(c5ccc6nncn6n5)CC4)c3s2)cc1. The quantitative estimate of drug-likeness (QED) is 0.415. The number of hydrogen-bond donors (Lipinski definition) is 0. The Balaban J connectivity index is 1.25. The van der Waals surface area contributed by atoms with Crippen molar-refractivity contribution < 1.29 is 0 Å². The van der Waals surface area contributed by atoms with E-state index in [2.05, 4.69) is 41.1 Å². The fourth-order valence-corrected chi connectivity index (χ4v) is 5.12. The van der Waals surface area contributed by atoms with E-state index >= 15 is 0 Å². The summed E-state index contributed by atoms with van der Waals surface area (Å²) in [6.07, 6.45) is 3.28. The Bertz CT molecular complexity index is 1370. The monoisotopic (exact) mass is 448 g/mol. The van der Waals surface area contributed by atoms with Crippen LogP contribution in [-0.4, -0.2) is 56.0 Å². The zero-order valence-corrected chi connectivity index (χ0v) is 18.0. The van der Waals surface area contributed by atoms with E-state index < -0.39 is 0 Å². The Hall–Kier alpha value is -3.30. The summed E-state index contributed by atoms with van der Waals surface area (Å²) in [7, 11) is 0. The van der Waals surface area contributed by atoms with Gasteiger partial charge in [-0.3, -0.25) is 0 Å². The summed E-state index contributed by atoms with van der Waals surface area (Å²) in [6, 6.07) is 14.0. The van der Waals surface area contributed by atoms with Crippen LogP contribution in [0.2, 0.25) is 5.02 Å². The molecule has 31 heavy (non-hydrogen) atoms. The lowest BCUT2D eigenvalue weighted by Gasteiger charge is -2.36. The van der Waals surface area contributed by atoms with Crippen LogP contribution < -0.4 is 9.80 Å². The second-order valence-electron chi connectivity index (χ2n) is 7.33. The Labute approximate surface area is 186 Å². The van der Waals surface area contributed by atoms with Crippen LogP contribution >= 0.6 is 22.9 Å². The molecule has 154 valence electrons. The number of thiophene rings is 1. The molecular weight excluding hydrogens is 432 g/mol. The number of rotatable bonds is 3. The molecule has 0 N–H and O–H groups in total. The maximum absolute atomic E-state index is 6.04. The Morgan fingerprint density at radius 3 is 2.55 bits per heavy atom. The molecule has 10 heteroatoms. The smallest absolute Gasteiger partial charge is 0.177 e. The van der Waals surface area contributed by atoms with Gasteiger partial charge in [-0.25, -0.2) is 9.97 Å². The van der Waals surface area contributed by atoms with E-state index in [9.17, 15) is 0 Å². The van der Waals surface area contributed by atoms with Crippen LogP contribution in [0, 0.1) is 0 Å². The standard InChI is InChI=1S/C21H17ClN8S/c22-15-3-1-14(2-4-15)17-11-16-20(31-17)21(24-12-23-16)29-9-7-28(8-10-29)19-6-5-18-26-25-13-30(18)27-19/h1-6,11-13H,7-10H2. The number of aromatic nitrogens is 6. The van der Waals surface area contributed by atoms with Gasteiger partial charge < -0.3 is 9.80 Å². The molecule has 1 fully saturated rings. The molecule has 1 aliphatic rings. The summed E-state index contributed by atoms with van der Waals surface area (Å²) < 4.78 is 2.82. The van der Waals surface area contributed by atoms with E-state index in [1.165, 1.54) is 4.88 Å². The molecule has 1 saturated heterocycles. The summed E-state index contributed by atoms with van der Waals surface area (Å²) in [5.41, 5.74) is 2.86. The van der Waals surface area contributed by atoms with Gasteiger partial charge in [-0.2, -0.15) is 4.52 Å². The minimum absolute atomic E-state index is 0.737. The molecule has 0 spiro atoms. The molecule has 1 aromatic carbocycles. The number of nitrogens with zero attached hydrogens (tertiary/aromatic N) is 8. The fraction of sp³-hybridized carbons (Fsp3) is 0.190. The Morgan fingerprint density at radius 1 is 0.903 bits per heavy atom. The zero-order valence-electron chi connectivity index (χ0n) is 16.4. The first-order valence-electron chi connectivity index (χ1n) is 9.92. The first-order chi connectivity index (χ1) is 15.2. The summed E-state index contributed by atoms with van der Waals surface area (Å²) in [5.74, 6) is 1.93. The predicted octanol–water partition coefficient (Wildman–Crippen LogP) is 3.78. The predicted molar refractivity (Wildman–Crippen MR) is 123 cm³/mol. The molecule has 4 aromatic heterocycles. The number of benzene rings is 1. The normalized spacial score (nSPS) is 14.6. The van der Waals surface area contributed by atoms with Gasteiger partial charge in [0, 0.05) is 36.1 Å². The van der Waals surface area contributed by atoms with Gasteiger partial charge in [-0.15, -0.1) is 26.6 Å². The van der Waals surface area contributed by atoms with Crippen molar-refractivity contribution in [2.24, 2.45) is 0 Å². The highest BCUT2D eigenvalue weighted by atomic mass is 35.5. The Morgan fingerprint density at radius 2 is 1.71 bits per heavy atom. The van der Waals surface area contributed by atoms with Crippen molar-refractivity contribution in [1.29, 1.82) is 0 Å². The molecule has 0 atom stereocenters. The number of hydrogen-bond acceptors (Lipinski definition) is 8. The van der Waals surface area contributed by atoms with E-state index in [1.54, 1.807) is 28.5 Å². The van der Waals surface area contributed by atoms with Crippen molar-refractivity contribution >= 4 is 50.4 Å².